The van der Waals surface area contributed by atoms with Crippen molar-refractivity contribution in [2.45, 2.75) is 19.4 Å². The lowest BCUT2D eigenvalue weighted by molar-refractivity contribution is -0.386. The van der Waals surface area contributed by atoms with Crippen molar-refractivity contribution < 1.29 is 14.8 Å². The summed E-state index contributed by atoms with van der Waals surface area (Å²) in [5.41, 5.74) is 0.274. The van der Waals surface area contributed by atoms with Crippen molar-refractivity contribution in [2.24, 2.45) is 0 Å². The van der Waals surface area contributed by atoms with Gasteiger partial charge in [0.25, 0.3) is 0 Å². The molecule has 1 aromatic carbocycles. The Bertz CT molecular complexity index is 478. The Morgan fingerprint density at radius 3 is 2.65 bits per heavy atom. The molecule has 0 amide bonds. The number of hydrogen-bond donors (Lipinski definition) is 1. The van der Waals surface area contributed by atoms with Crippen LogP contribution in [0.25, 0.3) is 0 Å². The zero-order valence-corrected chi connectivity index (χ0v) is 13.4. The number of nitrogens with zero attached hydrogens (tertiary/aromatic N) is 2. The highest BCUT2D eigenvalue weighted by Crippen LogP contribution is 2.37. The number of nitro groups is 1. The van der Waals surface area contributed by atoms with E-state index >= 15 is 0 Å². The van der Waals surface area contributed by atoms with Crippen LogP contribution in [0.1, 0.15) is 25.0 Å². The van der Waals surface area contributed by atoms with Crippen LogP contribution in [0.5, 0.6) is 5.75 Å². The molecule has 0 saturated carbocycles. The summed E-state index contributed by atoms with van der Waals surface area (Å²) in [5, 5.41) is 20.9. The standard InChI is InChI=1S/C13H19BrN2O4/c1-9(17)11-7-10(14)8-12(16(18)19)13(11)20-6-4-5-15(2)3/h7-9,17H,4-6H2,1-3H3/t9-/m1/s1. The van der Waals surface area contributed by atoms with E-state index < -0.39 is 11.0 Å². The fraction of sp³-hybridized carbons (Fsp3) is 0.538. The lowest BCUT2D eigenvalue weighted by Crippen LogP contribution is -2.16. The maximum atomic E-state index is 11.1. The van der Waals surface area contributed by atoms with Crippen LogP contribution in [0.15, 0.2) is 16.6 Å². The average molecular weight is 347 g/mol. The van der Waals surface area contributed by atoms with Crippen molar-refractivity contribution in [3.05, 3.63) is 32.3 Å². The Hall–Kier alpha value is -1.18. The molecule has 112 valence electrons. The van der Waals surface area contributed by atoms with Gasteiger partial charge in [-0.05, 0) is 33.5 Å². The van der Waals surface area contributed by atoms with Crippen molar-refractivity contribution in [3.63, 3.8) is 0 Å². The predicted molar refractivity (Wildman–Crippen MR) is 80.1 cm³/mol. The summed E-state index contributed by atoms with van der Waals surface area (Å²) < 4.78 is 6.09. The molecule has 0 unspecified atom stereocenters. The third-order valence-corrected chi connectivity index (χ3v) is 3.16. The SMILES string of the molecule is C[C@@H](O)c1cc(Br)cc([N+](=O)[O-])c1OCCCN(C)C. The number of benzene rings is 1. The normalized spacial score (nSPS) is 12.5. The van der Waals surface area contributed by atoms with E-state index in [-0.39, 0.29) is 11.4 Å². The second-order valence-corrected chi connectivity index (χ2v) is 5.70. The van der Waals surface area contributed by atoms with Gasteiger partial charge in [-0.3, -0.25) is 10.1 Å². The highest BCUT2D eigenvalue weighted by molar-refractivity contribution is 9.10. The van der Waals surface area contributed by atoms with E-state index in [0.29, 0.717) is 16.6 Å². The van der Waals surface area contributed by atoms with Crippen LogP contribution in [0.2, 0.25) is 0 Å². The van der Waals surface area contributed by atoms with Crippen molar-refractivity contribution >= 4 is 21.6 Å². The molecule has 0 aliphatic heterocycles. The van der Waals surface area contributed by atoms with E-state index in [9.17, 15) is 15.2 Å². The zero-order valence-electron chi connectivity index (χ0n) is 11.8. The summed E-state index contributed by atoms with van der Waals surface area (Å²) in [5.74, 6) is 0.145. The molecule has 20 heavy (non-hydrogen) atoms. The Labute approximate surface area is 126 Å². The maximum absolute atomic E-state index is 11.1. The molecule has 1 N–H and O–H groups in total. The quantitative estimate of drug-likeness (QED) is 0.466. The molecule has 0 aliphatic carbocycles. The Morgan fingerprint density at radius 1 is 1.50 bits per heavy atom. The Morgan fingerprint density at radius 2 is 2.15 bits per heavy atom. The summed E-state index contributed by atoms with van der Waals surface area (Å²) in [4.78, 5) is 12.6. The number of aliphatic hydroxyl groups is 1. The molecule has 7 heteroatoms. The van der Waals surface area contributed by atoms with Gasteiger partial charge in [-0.1, -0.05) is 15.9 Å². The molecule has 0 aromatic heterocycles. The fourth-order valence-corrected chi connectivity index (χ4v) is 2.22. The smallest absolute Gasteiger partial charge is 0.312 e. The summed E-state index contributed by atoms with van der Waals surface area (Å²) in [7, 11) is 3.90. The molecule has 0 spiro atoms. The lowest BCUT2D eigenvalue weighted by Gasteiger charge is -2.15. The van der Waals surface area contributed by atoms with Crippen molar-refractivity contribution in [3.8, 4) is 5.75 Å². The molecular formula is C13H19BrN2O4. The first kappa shape index (κ1) is 16.9. The van der Waals surface area contributed by atoms with Crippen molar-refractivity contribution in [2.75, 3.05) is 27.2 Å². The molecule has 1 atom stereocenters. The van der Waals surface area contributed by atoms with Crippen LogP contribution in [-0.4, -0.2) is 42.2 Å². The summed E-state index contributed by atoms with van der Waals surface area (Å²) >= 11 is 3.21. The van der Waals surface area contributed by atoms with E-state index in [1.54, 1.807) is 13.0 Å². The fourth-order valence-electron chi connectivity index (χ4n) is 1.76. The minimum atomic E-state index is -0.838. The van der Waals surface area contributed by atoms with Gasteiger partial charge >= 0.3 is 5.69 Å². The Balaban J connectivity index is 2.98. The highest BCUT2D eigenvalue weighted by atomic mass is 79.9. The number of halogens is 1. The van der Waals surface area contributed by atoms with Gasteiger partial charge in [-0.2, -0.15) is 0 Å². The van der Waals surface area contributed by atoms with E-state index in [2.05, 4.69) is 15.9 Å². The van der Waals surface area contributed by atoms with Gasteiger partial charge in [-0.15, -0.1) is 0 Å². The van der Waals surface area contributed by atoms with Gasteiger partial charge in [0.15, 0.2) is 0 Å². The average Bonchev–Trinajstić information content (AvgIpc) is 2.34. The topological polar surface area (TPSA) is 75.8 Å². The van der Waals surface area contributed by atoms with Crippen LogP contribution in [0.3, 0.4) is 0 Å². The van der Waals surface area contributed by atoms with Crippen LogP contribution >= 0.6 is 15.9 Å². The first-order valence-electron chi connectivity index (χ1n) is 6.26. The number of ether oxygens (including phenoxy) is 1. The van der Waals surface area contributed by atoms with E-state index in [4.69, 9.17) is 4.74 Å². The summed E-state index contributed by atoms with van der Waals surface area (Å²) in [6, 6.07) is 3.02. The third kappa shape index (κ3) is 4.73. The predicted octanol–water partition coefficient (Wildman–Crippen LogP) is 2.74. The lowest BCUT2D eigenvalue weighted by atomic mass is 10.1. The summed E-state index contributed by atoms with van der Waals surface area (Å²) in [6.07, 6.45) is -0.0884. The third-order valence-electron chi connectivity index (χ3n) is 2.71. The second kappa shape index (κ2) is 7.56. The molecule has 0 bridgehead atoms. The molecule has 1 rings (SSSR count). The van der Waals surface area contributed by atoms with Gasteiger partial charge in [0.2, 0.25) is 5.75 Å². The molecule has 1 aromatic rings. The molecule has 0 radical (unpaired) electrons. The minimum absolute atomic E-state index is 0.139. The van der Waals surface area contributed by atoms with E-state index in [0.717, 1.165) is 13.0 Å². The highest BCUT2D eigenvalue weighted by Gasteiger charge is 2.23. The molecule has 0 aliphatic rings. The maximum Gasteiger partial charge on any atom is 0.312 e. The Kier molecular flexibility index (Phi) is 6.38. The molecule has 0 fully saturated rings. The van der Waals surface area contributed by atoms with Crippen molar-refractivity contribution in [1.29, 1.82) is 0 Å². The molecule has 0 heterocycles. The minimum Gasteiger partial charge on any atom is -0.487 e. The summed E-state index contributed by atoms with van der Waals surface area (Å²) in [6.45, 7) is 2.74. The largest absolute Gasteiger partial charge is 0.487 e. The van der Waals surface area contributed by atoms with Crippen LogP contribution in [0, 0.1) is 10.1 Å². The molecular weight excluding hydrogens is 328 g/mol. The first-order chi connectivity index (χ1) is 9.32. The number of aliphatic hydroxyl groups excluding tert-OH is 1. The van der Waals surface area contributed by atoms with Gasteiger partial charge in [0.05, 0.1) is 17.6 Å². The number of rotatable bonds is 7. The molecule has 6 nitrogen and oxygen atoms in total. The van der Waals surface area contributed by atoms with Crippen LogP contribution < -0.4 is 4.74 Å². The van der Waals surface area contributed by atoms with Gasteiger partial charge < -0.3 is 14.7 Å². The van der Waals surface area contributed by atoms with E-state index in [1.807, 2.05) is 19.0 Å². The van der Waals surface area contributed by atoms with Gasteiger partial charge in [0, 0.05) is 22.6 Å². The second-order valence-electron chi connectivity index (χ2n) is 4.78. The molecule has 0 saturated heterocycles. The number of hydrogen-bond acceptors (Lipinski definition) is 5. The first-order valence-corrected chi connectivity index (χ1v) is 7.05. The van der Waals surface area contributed by atoms with E-state index in [1.165, 1.54) is 6.07 Å². The zero-order chi connectivity index (χ0) is 15.3. The van der Waals surface area contributed by atoms with Gasteiger partial charge in [-0.25, -0.2) is 0 Å². The van der Waals surface area contributed by atoms with Gasteiger partial charge in [0.1, 0.15) is 0 Å². The van der Waals surface area contributed by atoms with Crippen LogP contribution in [0.4, 0.5) is 5.69 Å². The van der Waals surface area contributed by atoms with Crippen molar-refractivity contribution in [1.82, 2.24) is 4.90 Å². The monoisotopic (exact) mass is 346 g/mol. The van der Waals surface area contributed by atoms with Crippen LogP contribution in [-0.2, 0) is 0 Å². The number of nitro benzene ring substituents is 1.